The van der Waals surface area contributed by atoms with Crippen molar-refractivity contribution in [3.63, 3.8) is 0 Å². The van der Waals surface area contributed by atoms with Crippen LogP contribution in [0.5, 0.6) is 28.7 Å². The van der Waals surface area contributed by atoms with Gasteiger partial charge in [0.05, 0.1) is 14.2 Å². The van der Waals surface area contributed by atoms with E-state index in [1.807, 2.05) is 0 Å². The van der Waals surface area contributed by atoms with Crippen molar-refractivity contribution in [3.05, 3.63) is 41.5 Å². The fourth-order valence-electron chi connectivity index (χ4n) is 3.16. The van der Waals surface area contributed by atoms with Gasteiger partial charge in [0.2, 0.25) is 5.75 Å². The smallest absolute Gasteiger partial charge is 0.308 e. The molecule has 0 radical (unpaired) electrons. The molecule has 210 valence electrons. The van der Waals surface area contributed by atoms with E-state index in [2.05, 4.69) is 0 Å². The lowest BCUT2D eigenvalue weighted by Gasteiger charge is -2.21. The first kappa shape index (κ1) is 30.4. The molecule has 0 spiro atoms. The highest BCUT2D eigenvalue weighted by molar-refractivity contribution is 5.73. The quantitative estimate of drug-likeness (QED) is 0.228. The Morgan fingerprint density at radius 1 is 0.538 bits per heavy atom. The Morgan fingerprint density at radius 3 is 1.41 bits per heavy atom. The van der Waals surface area contributed by atoms with E-state index in [0.717, 1.165) is 34.6 Å². The number of ether oxygens (including phenoxy) is 8. The van der Waals surface area contributed by atoms with Crippen molar-refractivity contribution in [2.75, 3.05) is 14.2 Å². The number of hydrogen-bond acceptors (Lipinski definition) is 13. The largest absolute Gasteiger partial charge is 0.493 e. The van der Waals surface area contributed by atoms with Crippen molar-refractivity contribution < 1.29 is 61.9 Å². The molecule has 0 heterocycles. The van der Waals surface area contributed by atoms with E-state index in [1.165, 1.54) is 44.6 Å². The maximum Gasteiger partial charge on any atom is 0.308 e. The number of rotatable bonds is 11. The second-order valence-corrected chi connectivity index (χ2v) is 7.76. The van der Waals surface area contributed by atoms with Crippen molar-refractivity contribution in [1.29, 1.82) is 0 Å². The molecule has 0 amide bonds. The molecule has 2 rings (SSSR count). The van der Waals surface area contributed by atoms with E-state index in [0.29, 0.717) is 0 Å². The number of esters is 5. The monoisotopic (exact) mass is 548 g/mol. The minimum absolute atomic E-state index is 0.0117. The summed E-state index contributed by atoms with van der Waals surface area (Å²) in [4.78, 5) is 58.1. The highest BCUT2D eigenvalue weighted by atomic mass is 16.7. The average Bonchev–Trinajstić information content (AvgIpc) is 2.82. The van der Waals surface area contributed by atoms with Crippen molar-refractivity contribution in [3.8, 4) is 28.7 Å². The number of carbonyl (C=O) groups excluding carboxylic acids is 5. The maximum atomic E-state index is 11.8. The molecule has 13 heteroatoms. The molecule has 13 nitrogen and oxygen atoms in total. The second kappa shape index (κ2) is 13.7. The van der Waals surface area contributed by atoms with Gasteiger partial charge in [-0.25, -0.2) is 0 Å². The molecular weight excluding hydrogens is 520 g/mol. The lowest BCUT2D eigenvalue weighted by Crippen LogP contribution is -2.16. The first-order chi connectivity index (χ1) is 18.3. The molecule has 0 aliphatic rings. The predicted molar refractivity (Wildman–Crippen MR) is 130 cm³/mol. The molecule has 0 N–H and O–H groups in total. The average molecular weight is 548 g/mol. The third-order valence-corrected chi connectivity index (χ3v) is 4.55. The Hall–Kier alpha value is -4.81. The molecule has 0 bridgehead atoms. The van der Waals surface area contributed by atoms with E-state index in [4.69, 9.17) is 37.9 Å². The third kappa shape index (κ3) is 8.91. The summed E-state index contributed by atoms with van der Waals surface area (Å²) in [5.74, 6) is -3.62. The molecular formula is C26H28O13. The minimum Gasteiger partial charge on any atom is -0.493 e. The Kier molecular flexibility index (Phi) is 10.6. The van der Waals surface area contributed by atoms with Gasteiger partial charge in [-0.3, -0.25) is 24.0 Å². The van der Waals surface area contributed by atoms with E-state index in [-0.39, 0.29) is 39.9 Å². The van der Waals surface area contributed by atoms with Crippen molar-refractivity contribution in [1.82, 2.24) is 0 Å². The number of methoxy groups -OCH3 is 2. The summed E-state index contributed by atoms with van der Waals surface area (Å²) < 4.78 is 42.4. The third-order valence-electron chi connectivity index (χ3n) is 4.55. The van der Waals surface area contributed by atoms with Crippen LogP contribution in [0.1, 0.15) is 58.3 Å². The summed E-state index contributed by atoms with van der Waals surface area (Å²) in [6.45, 7) is 5.73. The van der Waals surface area contributed by atoms with Crippen LogP contribution in [0.3, 0.4) is 0 Å². The first-order valence-electron chi connectivity index (χ1n) is 11.3. The molecule has 0 unspecified atom stereocenters. The van der Waals surface area contributed by atoms with Gasteiger partial charge < -0.3 is 37.9 Å². The summed E-state index contributed by atoms with van der Waals surface area (Å²) in [7, 11) is 2.63. The zero-order valence-electron chi connectivity index (χ0n) is 22.3. The molecule has 0 saturated heterocycles. The van der Waals surface area contributed by atoms with Crippen molar-refractivity contribution in [2.45, 2.75) is 47.2 Å². The summed E-state index contributed by atoms with van der Waals surface area (Å²) >= 11 is 0. The molecule has 2 aromatic carbocycles. The van der Waals surface area contributed by atoms with Gasteiger partial charge in [-0.1, -0.05) is 0 Å². The lowest BCUT2D eigenvalue weighted by molar-refractivity contribution is -0.188. The van der Waals surface area contributed by atoms with Crippen LogP contribution < -0.4 is 18.9 Å². The van der Waals surface area contributed by atoms with Crippen LogP contribution in [-0.4, -0.2) is 44.1 Å². The van der Waals surface area contributed by atoms with Gasteiger partial charge in [0.25, 0.3) is 12.6 Å². The zero-order chi connectivity index (χ0) is 29.3. The highest BCUT2D eigenvalue weighted by Gasteiger charge is 2.26. The van der Waals surface area contributed by atoms with E-state index in [1.54, 1.807) is 0 Å². The molecule has 0 fully saturated rings. The molecule has 39 heavy (non-hydrogen) atoms. The number of carbonyl (C=O) groups is 5. The standard InChI is InChI=1S/C26H28O13/c1-13(27)34-24-22(33-7)11-19(26(37-16(4)30)38-17(5)31)12-23(24)39-20-9-8-18(10-21(20)32-6)25(35-14(2)28)36-15(3)29/h8-12,25-26H,1-7H3. The van der Waals surface area contributed by atoms with Gasteiger partial charge in [0.1, 0.15) is 0 Å². The SMILES string of the molecule is COc1cc(C(OC(C)=O)OC(C)=O)ccc1Oc1cc(C(OC(C)=O)OC(C)=O)cc(OC)c1OC(C)=O. The molecule has 0 aromatic heterocycles. The fourth-order valence-corrected chi connectivity index (χ4v) is 3.16. The van der Waals surface area contributed by atoms with Crippen LogP contribution in [0.25, 0.3) is 0 Å². The van der Waals surface area contributed by atoms with Crippen LogP contribution in [0.4, 0.5) is 0 Å². The van der Waals surface area contributed by atoms with Gasteiger partial charge in [0.15, 0.2) is 23.0 Å². The first-order valence-corrected chi connectivity index (χ1v) is 11.3. The maximum absolute atomic E-state index is 11.8. The fraction of sp³-hybridized carbons (Fsp3) is 0.346. The van der Waals surface area contributed by atoms with Crippen molar-refractivity contribution >= 4 is 29.8 Å². The Morgan fingerprint density at radius 2 is 0.974 bits per heavy atom. The van der Waals surface area contributed by atoms with Crippen LogP contribution >= 0.6 is 0 Å². The van der Waals surface area contributed by atoms with Gasteiger partial charge in [-0.05, 0) is 30.3 Å². The van der Waals surface area contributed by atoms with Gasteiger partial charge in [-0.2, -0.15) is 0 Å². The summed E-state index contributed by atoms with van der Waals surface area (Å²) in [6, 6.07) is 6.91. The van der Waals surface area contributed by atoms with E-state index < -0.39 is 42.4 Å². The zero-order valence-corrected chi connectivity index (χ0v) is 22.3. The minimum atomic E-state index is -1.47. The molecule has 0 atom stereocenters. The van der Waals surface area contributed by atoms with Gasteiger partial charge in [-0.15, -0.1) is 0 Å². The van der Waals surface area contributed by atoms with E-state index in [9.17, 15) is 24.0 Å². The van der Waals surface area contributed by atoms with Gasteiger partial charge >= 0.3 is 29.8 Å². The Balaban J connectivity index is 2.64. The van der Waals surface area contributed by atoms with E-state index >= 15 is 0 Å². The second-order valence-electron chi connectivity index (χ2n) is 7.76. The molecule has 0 aliphatic heterocycles. The highest BCUT2D eigenvalue weighted by Crippen LogP contribution is 2.45. The summed E-state index contributed by atoms with van der Waals surface area (Å²) in [5, 5.41) is 0. The predicted octanol–water partition coefficient (Wildman–Crippen LogP) is 3.67. The van der Waals surface area contributed by atoms with Crippen LogP contribution in [0.2, 0.25) is 0 Å². The topological polar surface area (TPSA) is 159 Å². The Bertz CT molecular complexity index is 1220. The Labute approximate surface area is 223 Å². The molecule has 0 aliphatic carbocycles. The van der Waals surface area contributed by atoms with Gasteiger partial charge in [0, 0.05) is 45.7 Å². The van der Waals surface area contributed by atoms with Crippen LogP contribution in [0.15, 0.2) is 30.3 Å². The van der Waals surface area contributed by atoms with Crippen molar-refractivity contribution in [2.24, 2.45) is 0 Å². The lowest BCUT2D eigenvalue weighted by atomic mass is 10.1. The normalized spacial score (nSPS) is 10.4. The molecule has 0 saturated carbocycles. The summed E-state index contributed by atoms with van der Waals surface area (Å²) in [6.07, 6.45) is -2.82. The molecule has 2 aromatic rings. The number of hydrogen-bond donors (Lipinski definition) is 0. The van der Waals surface area contributed by atoms with Crippen LogP contribution in [-0.2, 0) is 42.9 Å². The number of benzene rings is 2. The van der Waals surface area contributed by atoms with Crippen LogP contribution in [0, 0.1) is 0 Å². The summed E-state index contributed by atoms with van der Waals surface area (Å²) in [5.41, 5.74) is 0.365.